The molecule has 0 aromatic heterocycles. The maximum Gasteiger partial charge on any atom is 0.527 e. The van der Waals surface area contributed by atoms with Gasteiger partial charge in [-0.2, -0.15) is 0 Å². The predicted molar refractivity (Wildman–Crippen MR) is 94.0 cm³/mol. The summed E-state index contributed by atoms with van der Waals surface area (Å²) in [4.78, 5) is 21.2. The molecule has 0 aliphatic rings. The molecule has 0 fully saturated rings. The maximum atomic E-state index is 11.8. The van der Waals surface area contributed by atoms with E-state index in [0.29, 0.717) is 6.42 Å². The van der Waals surface area contributed by atoms with E-state index in [1.54, 1.807) is 24.3 Å². The molecule has 0 heterocycles. The van der Waals surface area contributed by atoms with Gasteiger partial charge in [0, 0.05) is 13.0 Å². The van der Waals surface area contributed by atoms with E-state index >= 15 is 0 Å². The summed E-state index contributed by atoms with van der Waals surface area (Å²) in [6, 6.07) is 6.75. The molecule has 0 radical (unpaired) electrons. The molecular weight excluding hydrogens is 329 g/mol. The number of amides is 1. The lowest BCUT2D eigenvalue weighted by atomic mass is 10.1. The first-order chi connectivity index (χ1) is 11.4. The van der Waals surface area contributed by atoms with Gasteiger partial charge < -0.3 is 9.84 Å². The Bertz CT molecular complexity index is 532. The molecule has 1 aromatic rings. The van der Waals surface area contributed by atoms with E-state index in [0.717, 1.165) is 24.8 Å². The summed E-state index contributed by atoms with van der Waals surface area (Å²) in [5.41, 5.74) is 1.02. The van der Waals surface area contributed by atoms with Crippen LogP contribution in [0.1, 0.15) is 51.0 Å². The highest BCUT2D eigenvalue weighted by Crippen LogP contribution is 2.43. The topological polar surface area (TPSA) is 84.9 Å². The molecule has 24 heavy (non-hydrogen) atoms. The fourth-order valence-electron chi connectivity index (χ4n) is 2.09. The number of phosphoric acid groups is 1. The number of rotatable bonds is 12. The van der Waals surface area contributed by atoms with Crippen LogP contribution in [0.5, 0.6) is 5.75 Å². The first-order valence-electron chi connectivity index (χ1n) is 8.43. The van der Waals surface area contributed by atoms with Crippen LogP contribution in [-0.2, 0) is 13.9 Å². The first-order valence-corrected chi connectivity index (χ1v) is 9.93. The molecule has 1 amide bonds. The fourth-order valence-corrected chi connectivity index (χ4v) is 2.85. The Morgan fingerprint density at radius 2 is 1.83 bits per heavy atom. The smallest absolute Gasteiger partial charge is 0.404 e. The lowest BCUT2D eigenvalue weighted by Crippen LogP contribution is -2.26. The maximum absolute atomic E-state index is 11.8. The zero-order valence-electron chi connectivity index (χ0n) is 14.5. The summed E-state index contributed by atoms with van der Waals surface area (Å²) in [5, 5.41) is 2.67. The molecule has 7 heteroatoms. The number of nitrogens with one attached hydrogen (secondary N) is 1. The van der Waals surface area contributed by atoms with Gasteiger partial charge in [-0.25, -0.2) is 4.57 Å². The minimum Gasteiger partial charge on any atom is -0.404 e. The van der Waals surface area contributed by atoms with E-state index in [1.807, 2.05) is 6.92 Å². The van der Waals surface area contributed by atoms with Crippen molar-refractivity contribution in [3.8, 4) is 5.75 Å². The molecule has 0 aliphatic heterocycles. The molecule has 0 saturated heterocycles. The molecule has 1 unspecified atom stereocenters. The van der Waals surface area contributed by atoms with Crippen LogP contribution in [0.2, 0.25) is 0 Å². The van der Waals surface area contributed by atoms with Crippen molar-refractivity contribution in [1.29, 1.82) is 0 Å². The van der Waals surface area contributed by atoms with Gasteiger partial charge in [-0.1, -0.05) is 50.3 Å². The number of carbonyl (C=O) groups is 1. The van der Waals surface area contributed by atoms with Crippen LogP contribution in [0, 0.1) is 6.92 Å². The van der Waals surface area contributed by atoms with Crippen LogP contribution in [0.25, 0.3) is 0 Å². The summed E-state index contributed by atoms with van der Waals surface area (Å²) >= 11 is 0. The number of unbranched alkanes of at least 4 members (excludes halogenated alkanes) is 4. The molecular formula is C17H28NO5P. The van der Waals surface area contributed by atoms with Gasteiger partial charge in [0.1, 0.15) is 5.75 Å². The van der Waals surface area contributed by atoms with Crippen molar-refractivity contribution in [2.24, 2.45) is 0 Å². The quantitative estimate of drug-likeness (QED) is 0.437. The van der Waals surface area contributed by atoms with Crippen LogP contribution in [0.4, 0.5) is 0 Å². The monoisotopic (exact) mass is 357 g/mol. The van der Waals surface area contributed by atoms with Crippen molar-refractivity contribution >= 4 is 13.7 Å². The summed E-state index contributed by atoms with van der Waals surface area (Å²) < 4.78 is 21.6. The number of benzene rings is 1. The zero-order valence-corrected chi connectivity index (χ0v) is 15.4. The predicted octanol–water partition coefficient (Wildman–Crippen LogP) is 3.97. The lowest BCUT2D eigenvalue weighted by molar-refractivity contribution is -0.121. The second-order valence-corrected chi connectivity index (χ2v) is 7.10. The van der Waals surface area contributed by atoms with E-state index in [-0.39, 0.29) is 24.8 Å². The number of hydrogen-bond donors (Lipinski definition) is 2. The minimum absolute atomic E-state index is 0.0673. The van der Waals surface area contributed by atoms with Crippen molar-refractivity contribution < 1.29 is 23.3 Å². The summed E-state index contributed by atoms with van der Waals surface area (Å²) in [5.74, 6) is 0.199. The normalized spacial score (nSPS) is 13.3. The Morgan fingerprint density at radius 3 is 2.50 bits per heavy atom. The Balaban J connectivity index is 2.15. The van der Waals surface area contributed by atoms with Crippen molar-refractivity contribution in [2.45, 2.75) is 52.4 Å². The highest BCUT2D eigenvalue weighted by molar-refractivity contribution is 7.47. The fraction of sp³-hybridized carbons (Fsp3) is 0.588. The summed E-state index contributed by atoms with van der Waals surface area (Å²) in [6.07, 6.45) is 5.91. The molecule has 0 bridgehead atoms. The van der Waals surface area contributed by atoms with Gasteiger partial charge in [0.05, 0.1) is 6.61 Å². The largest absolute Gasteiger partial charge is 0.527 e. The standard InChI is InChI=1S/C17H28NO5P/c1-3-4-5-6-7-8-17(19)18-13-14-22-24(20,21)23-16-11-9-15(2)10-12-16/h9-12H,3-8,13-14H2,1-2H3,(H,18,19)(H,20,21). The van der Waals surface area contributed by atoms with Crippen molar-refractivity contribution in [3.63, 3.8) is 0 Å². The van der Waals surface area contributed by atoms with E-state index in [4.69, 9.17) is 9.05 Å². The second kappa shape index (κ2) is 11.2. The van der Waals surface area contributed by atoms with Gasteiger partial charge in [-0.3, -0.25) is 14.2 Å². The molecule has 1 rings (SSSR count). The number of carbonyl (C=O) groups excluding carboxylic acids is 1. The Hall–Kier alpha value is -1.36. The number of phosphoric ester groups is 1. The molecule has 1 aromatic carbocycles. The minimum atomic E-state index is -4.17. The van der Waals surface area contributed by atoms with Gasteiger partial charge in [-0.15, -0.1) is 0 Å². The van der Waals surface area contributed by atoms with Crippen molar-refractivity contribution in [3.05, 3.63) is 29.8 Å². The molecule has 1 atom stereocenters. The lowest BCUT2D eigenvalue weighted by Gasteiger charge is -2.13. The number of hydrogen-bond acceptors (Lipinski definition) is 4. The van der Waals surface area contributed by atoms with Crippen molar-refractivity contribution in [2.75, 3.05) is 13.2 Å². The van der Waals surface area contributed by atoms with Gasteiger partial charge in [-0.05, 0) is 25.5 Å². The molecule has 2 N–H and O–H groups in total. The molecule has 0 spiro atoms. The van der Waals surface area contributed by atoms with Crippen LogP contribution in [0.3, 0.4) is 0 Å². The molecule has 136 valence electrons. The van der Waals surface area contributed by atoms with Gasteiger partial charge in [0.25, 0.3) is 0 Å². The van der Waals surface area contributed by atoms with Crippen LogP contribution < -0.4 is 9.84 Å². The van der Waals surface area contributed by atoms with E-state index in [9.17, 15) is 14.3 Å². The third-order valence-corrected chi connectivity index (χ3v) is 4.38. The second-order valence-electron chi connectivity index (χ2n) is 5.72. The average Bonchev–Trinajstić information content (AvgIpc) is 2.53. The highest BCUT2D eigenvalue weighted by atomic mass is 31.2. The zero-order chi connectivity index (χ0) is 17.8. The molecule has 0 aliphatic carbocycles. The van der Waals surface area contributed by atoms with Gasteiger partial charge in [0.2, 0.25) is 5.91 Å². The van der Waals surface area contributed by atoms with Crippen molar-refractivity contribution in [1.82, 2.24) is 5.32 Å². The summed E-state index contributed by atoms with van der Waals surface area (Å²) in [6.45, 7) is 4.15. The van der Waals surface area contributed by atoms with Crippen LogP contribution in [0.15, 0.2) is 24.3 Å². The Kier molecular flexibility index (Phi) is 9.69. The molecule has 6 nitrogen and oxygen atoms in total. The highest BCUT2D eigenvalue weighted by Gasteiger charge is 2.22. The Labute approximate surface area is 144 Å². The van der Waals surface area contributed by atoms with Crippen LogP contribution in [-0.4, -0.2) is 24.0 Å². The van der Waals surface area contributed by atoms with Gasteiger partial charge in [0.15, 0.2) is 0 Å². The Morgan fingerprint density at radius 1 is 1.17 bits per heavy atom. The third-order valence-electron chi connectivity index (χ3n) is 3.43. The number of aryl methyl sites for hydroxylation is 1. The molecule has 0 saturated carbocycles. The third kappa shape index (κ3) is 9.71. The van der Waals surface area contributed by atoms with E-state index < -0.39 is 7.82 Å². The van der Waals surface area contributed by atoms with Gasteiger partial charge >= 0.3 is 7.82 Å². The summed E-state index contributed by atoms with van der Waals surface area (Å²) in [7, 11) is -4.17. The van der Waals surface area contributed by atoms with Crippen LogP contribution >= 0.6 is 7.82 Å². The van der Waals surface area contributed by atoms with E-state index in [1.165, 1.54) is 12.8 Å². The van der Waals surface area contributed by atoms with E-state index in [2.05, 4.69) is 12.2 Å². The first kappa shape index (κ1) is 20.7. The SMILES string of the molecule is CCCCCCCC(=O)NCCOP(=O)(O)Oc1ccc(C)cc1. The average molecular weight is 357 g/mol.